The van der Waals surface area contributed by atoms with Crippen LogP contribution < -0.4 is 10.1 Å². The van der Waals surface area contributed by atoms with E-state index in [9.17, 15) is 0 Å². The van der Waals surface area contributed by atoms with Gasteiger partial charge in [-0.25, -0.2) is 0 Å². The number of hydrogen-bond acceptors (Lipinski definition) is 3. The van der Waals surface area contributed by atoms with Crippen molar-refractivity contribution in [3.8, 4) is 5.75 Å². The van der Waals surface area contributed by atoms with Crippen LogP contribution in [-0.2, 0) is 6.42 Å². The first kappa shape index (κ1) is 13.8. The monoisotopic (exact) mass is 265 g/mol. The van der Waals surface area contributed by atoms with E-state index in [1.807, 2.05) is 0 Å². The van der Waals surface area contributed by atoms with Gasteiger partial charge < -0.3 is 10.1 Å². The fraction of sp³-hybridized carbons (Fsp3) is 0.600. The van der Waals surface area contributed by atoms with Gasteiger partial charge in [0.15, 0.2) is 0 Å². The minimum absolute atomic E-state index is 0.453. The predicted octanol–water partition coefficient (Wildman–Crippen LogP) is 3.41. The summed E-state index contributed by atoms with van der Waals surface area (Å²) in [7, 11) is 3.79. The van der Waals surface area contributed by atoms with Gasteiger partial charge in [0.25, 0.3) is 0 Å². The first-order valence-corrected chi connectivity index (χ1v) is 7.63. The van der Waals surface area contributed by atoms with Crippen LogP contribution in [0.1, 0.15) is 37.4 Å². The molecule has 0 spiro atoms. The van der Waals surface area contributed by atoms with Crippen LogP contribution in [-0.4, -0.2) is 24.7 Å². The maximum absolute atomic E-state index is 5.34. The number of rotatable bonds is 5. The normalized spacial score (nSPS) is 23.8. The number of benzene rings is 1. The Balaban J connectivity index is 2.20. The molecule has 0 bridgehead atoms. The smallest absolute Gasteiger partial charge is 0.119 e. The van der Waals surface area contributed by atoms with Crippen molar-refractivity contribution in [2.45, 2.75) is 43.2 Å². The van der Waals surface area contributed by atoms with Crippen molar-refractivity contribution >= 4 is 11.8 Å². The topological polar surface area (TPSA) is 21.3 Å². The molecule has 18 heavy (non-hydrogen) atoms. The van der Waals surface area contributed by atoms with E-state index in [0.717, 1.165) is 11.0 Å². The summed E-state index contributed by atoms with van der Waals surface area (Å²) < 4.78 is 5.34. The van der Waals surface area contributed by atoms with E-state index in [1.165, 1.54) is 24.0 Å². The van der Waals surface area contributed by atoms with Crippen LogP contribution in [0.2, 0.25) is 0 Å². The molecule has 3 atom stereocenters. The summed E-state index contributed by atoms with van der Waals surface area (Å²) in [5.41, 5.74) is 2.88. The molecule has 1 aromatic carbocycles. The van der Waals surface area contributed by atoms with Gasteiger partial charge in [-0.15, -0.1) is 0 Å². The summed E-state index contributed by atoms with van der Waals surface area (Å²) >= 11 is 2.11. The zero-order valence-corrected chi connectivity index (χ0v) is 12.5. The molecule has 1 aliphatic carbocycles. The van der Waals surface area contributed by atoms with Crippen LogP contribution in [0.15, 0.2) is 18.2 Å². The number of methoxy groups -OCH3 is 1. The van der Waals surface area contributed by atoms with Gasteiger partial charge in [0, 0.05) is 16.5 Å². The van der Waals surface area contributed by atoms with Crippen molar-refractivity contribution in [1.29, 1.82) is 0 Å². The third kappa shape index (κ3) is 2.67. The van der Waals surface area contributed by atoms with E-state index in [4.69, 9.17) is 4.74 Å². The largest absolute Gasteiger partial charge is 0.497 e. The highest BCUT2D eigenvalue weighted by Crippen LogP contribution is 2.41. The van der Waals surface area contributed by atoms with E-state index in [2.05, 4.69) is 56.2 Å². The first-order chi connectivity index (χ1) is 8.69. The lowest BCUT2D eigenvalue weighted by atomic mass is 10.1. The van der Waals surface area contributed by atoms with E-state index in [0.29, 0.717) is 11.3 Å². The Bertz CT molecular complexity index is 407. The first-order valence-electron chi connectivity index (χ1n) is 6.69. The van der Waals surface area contributed by atoms with Gasteiger partial charge in [0.1, 0.15) is 5.75 Å². The molecule has 2 nitrogen and oxygen atoms in total. The molecule has 0 heterocycles. The summed E-state index contributed by atoms with van der Waals surface area (Å²) in [5.74, 6) is 0.961. The lowest BCUT2D eigenvalue weighted by molar-refractivity contribution is 0.413. The Hall–Kier alpha value is -0.670. The molecular formula is C15H23NOS. The van der Waals surface area contributed by atoms with Crippen LogP contribution in [0.4, 0.5) is 0 Å². The third-order valence-corrected chi connectivity index (χ3v) is 5.36. The number of nitrogens with one attached hydrogen (secondary N) is 1. The van der Waals surface area contributed by atoms with Crippen LogP contribution in [0, 0.1) is 0 Å². The predicted molar refractivity (Wildman–Crippen MR) is 79.6 cm³/mol. The van der Waals surface area contributed by atoms with Gasteiger partial charge in [-0.2, -0.15) is 11.8 Å². The molecule has 1 aliphatic rings. The maximum atomic E-state index is 5.34. The molecule has 3 unspecified atom stereocenters. The highest BCUT2D eigenvalue weighted by molar-refractivity contribution is 8.00. The molecule has 0 fully saturated rings. The summed E-state index contributed by atoms with van der Waals surface area (Å²) in [6.45, 7) is 4.58. The van der Waals surface area contributed by atoms with Crippen molar-refractivity contribution in [2.75, 3.05) is 14.2 Å². The molecule has 1 aromatic rings. The molecule has 0 saturated heterocycles. The minimum atomic E-state index is 0.453. The highest BCUT2D eigenvalue weighted by Gasteiger charge is 2.32. The molecule has 1 N–H and O–H groups in total. The van der Waals surface area contributed by atoms with Gasteiger partial charge >= 0.3 is 0 Å². The molecule has 0 aliphatic heterocycles. The van der Waals surface area contributed by atoms with Crippen molar-refractivity contribution in [3.63, 3.8) is 0 Å². The van der Waals surface area contributed by atoms with Crippen LogP contribution in [0.5, 0.6) is 5.75 Å². The lowest BCUT2D eigenvalue weighted by Gasteiger charge is -2.22. The van der Waals surface area contributed by atoms with Gasteiger partial charge in [-0.3, -0.25) is 0 Å². The van der Waals surface area contributed by atoms with Crippen LogP contribution >= 0.6 is 11.8 Å². The number of thioether (sulfide) groups is 1. The maximum Gasteiger partial charge on any atom is 0.119 e. The molecule has 0 aromatic heterocycles. The average Bonchev–Trinajstić information content (AvgIpc) is 2.74. The second kappa shape index (κ2) is 5.98. The molecule has 2 rings (SSSR count). The van der Waals surface area contributed by atoms with Crippen molar-refractivity contribution in [1.82, 2.24) is 5.32 Å². The summed E-state index contributed by atoms with van der Waals surface area (Å²) in [6.07, 6.45) is 2.40. The van der Waals surface area contributed by atoms with Crippen molar-refractivity contribution in [3.05, 3.63) is 29.3 Å². The molecule has 0 saturated carbocycles. The van der Waals surface area contributed by atoms with Gasteiger partial charge in [-0.05, 0) is 43.1 Å². The van der Waals surface area contributed by atoms with E-state index >= 15 is 0 Å². The van der Waals surface area contributed by atoms with Gasteiger partial charge in [-0.1, -0.05) is 19.9 Å². The number of ether oxygens (including phenoxy) is 1. The number of fused-ring (bicyclic) bond motifs is 1. The Morgan fingerprint density at radius 1 is 1.50 bits per heavy atom. The van der Waals surface area contributed by atoms with E-state index in [-0.39, 0.29) is 0 Å². The Kier molecular flexibility index (Phi) is 4.57. The Morgan fingerprint density at radius 2 is 2.28 bits per heavy atom. The van der Waals surface area contributed by atoms with E-state index < -0.39 is 0 Å². The van der Waals surface area contributed by atoms with Crippen molar-refractivity contribution in [2.24, 2.45) is 0 Å². The van der Waals surface area contributed by atoms with E-state index in [1.54, 1.807) is 7.11 Å². The van der Waals surface area contributed by atoms with Gasteiger partial charge in [0.2, 0.25) is 0 Å². The second-order valence-electron chi connectivity index (χ2n) is 4.93. The minimum Gasteiger partial charge on any atom is -0.497 e. The average molecular weight is 265 g/mol. The number of hydrogen-bond donors (Lipinski definition) is 1. The molecule has 0 radical (unpaired) electrons. The Labute approximate surface area is 114 Å². The van der Waals surface area contributed by atoms with Gasteiger partial charge in [0.05, 0.1) is 7.11 Å². The molecular weight excluding hydrogens is 242 g/mol. The SMILES string of the molecule is CCC(C)SC1Cc2ccc(OC)cc2C1NC. The standard InChI is InChI=1S/C15H23NOS/c1-5-10(2)18-14-8-11-6-7-12(17-4)9-13(11)15(14)16-3/h6-7,9-10,14-16H,5,8H2,1-4H3. The molecule has 3 heteroatoms. The highest BCUT2D eigenvalue weighted by atomic mass is 32.2. The fourth-order valence-corrected chi connectivity index (χ4v) is 4.08. The lowest BCUT2D eigenvalue weighted by Crippen LogP contribution is -2.24. The van der Waals surface area contributed by atoms with Crippen LogP contribution in [0.3, 0.4) is 0 Å². The van der Waals surface area contributed by atoms with Crippen LogP contribution in [0.25, 0.3) is 0 Å². The second-order valence-corrected chi connectivity index (χ2v) is 6.61. The molecule has 100 valence electrons. The summed E-state index contributed by atoms with van der Waals surface area (Å²) in [6, 6.07) is 6.93. The molecule has 0 amide bonds. The summed E-state index contributed by atoms with van der Waals surface area (Å²) in [5, 5.41) is 4.84. The quantitative estimate of drug-likeness (QED) is 0.881. The third-order valence-electron chi connectivity index (χ3n) is 3.77. The summed E-state index contributed by atoms with van der Waals surface area (Å²) in [4.78, 5) is 0. The Morgan fingerprint density at radius 3 is 2.89 bits per heavy atom. The fourth-order valence-electron chi connectivity index (χ4n) is 2.57. The van der Waals surface area contributed by atoms with Crippen molar-refractivity contribution < 1.29 is 4.74 Å². The zero-order valence-electron chi connectivity index (χ0n) is 11.7. The zero-order chi connectivity index (χ0) is 13.1.